The molecule has 7 nitrogen and oxygen atoms in total. The van der Waals surface area contributed by atoms with Gasteiger partial charge in [-0.1, -0.05) is 12.1 Å². The van der Waals surface area contributed by atoms with E-state index in [1.54, 1.807) is 13.0 Å². The SMILES string of the molecule is CCOC(=O)c1ccc([N+](=O)[O-])c(N(Cc2cccc(F)c2)C(=O)C2CC2)c1. The summed E-state index contributed by atoms with van der Waals surface area (Å²) < 4.78 is 18.5. The third-order valence-corrected chi connectivity index (χ3v) is 4.40. The van der Waals surface area contributed by atoms with Crippen molar-refractivity contribution in [2.45, 2.75) is 26.3 Å². The predicted octanol–water partition coefficient (Wildman–Crippen LogP) is 3.85. The maximum Gasteiger partial charge on any atom is 0.338 e. The van der Waals surface area contributed by atoms with Gasteiger partial charge in [0.15, 0.2) is 0 Å². The van der Waals surface area contributed by atoms with Crippen molar-refractivity contribution in [3.05, 3.63) is 69.5 Å². The number of nitrogens with zero attached hydrogens (tertiary/aromatic N) is 2. The minimum atomic E-state index is -0.636. The van der Waals surface area contributed by atoms with Gasteiger partial charge in [0.2, 0.25) is 5.91 Å². The molecule has 0 bridgehead atoms. The van der Waals surface area contributed by atoms with Crippen LogP contribution < -0.4 is 4.90 Å². The lowest BCUT2D eigenvalue weighted by Crippen LogP contribution is -2.32. The standard InChI is InChI=1S/C20H19FN2O5/c1-2-28-20(25)15-8-9-17(23(26)27)18(11-15)22(19(24)14-6-7-14)12-13-4-3-5-16(21)10-13/h3-5,8-11,14H,2,6-7,12H2,1H3. The molecule has 1 fully saturated rings. The van der Waals surface area contributed by atoms with E-state index in [0.29, 0.717) is 18.4 Å². The Hall–Kier alpha value is -3.29. The van der Waals surface area contributed by atoms with Gasteiger partial charge in [-0.25, -0.2) is 9.18 Å². The molecule has 0 aliphatic heterocycles. The lowest BCUT2D eigenvalue weighted by atomic mass is 10.1. The maximum atomic E-state index is 13.6. The number of hydrogen-bond acceptors (Lipinski definition) is 5. The van der Waals surface area contributed by atoms with E-state index in [4.69, 9.17) is 4.74 Å². The Kier molecular flexibility index (Phi) is 5.67. The van der Waals surface area contributed by atoms with Gasteiger partial charge in [-0.2, -0.15) is 0 Å². The van der Waals surface area contributed by atoms with Crippen molar-refractivity contribution in [2.75, 3.05) is 11.5 Å². The van der Waals surface area contributed by atoms with Gasteiger partial charge in [0, 0.05) is 12.0 Å². The number of ether oxygens (including phenoxy) is 1. The van der Waals surface area contributed by atoms with Crippen LogP contribution in [-0.2, 0) is 16.1 Å². The molecule has 0 heterocycles. The number of nitro groups is 1. The van der Waals surface area contributed by atoms with Crippen LogP contribution in [0.5, 0.6) is 0 Å². The van der Waals surface area contributed by atoms with Gasteiger partial charge in [0.1, 0.15) is 11.5 Å². The summed E-state index contributed by atoms with van der Waals surface area (Å²) in [4.78, 5) is 37.1. The van der Waals surface area contributed by atoms with E-state index in [1.807, 2.05) is 0 Å². The molecule has 1 aliphatic rings. The molecular formula is C20H19FN2O5. The third-order valence-electron chi connectivity index (χ3n) is 4.40. The van der Waals surface area contributed by atoms with Crippen LogP contribution in [0, 0.1) is 21.8 Å². The first-order chi connectivity index (χ1) is 13.4. The summed E-state index contributed by atoms with van der Waals surface area (Å²) in [6, 6.07) is 9.46. The highest BCUT2D eigenvalue weighted by atomic mass is 19.1. The fourth-order valence-electron chi connectivity index (χ4n) is 2.89. The molecule has 1 saturated carbocycles. The molecule has 0 N–H and O–H groups in total. The van der Waals surface area contributed by atoms with Crippen LogP contribution in [0.1, 0.15) is 35.7 Å². The number of amides is 1. The van der Waals surface area contributed by atoms with Crippen molar-refractivity contribution in [1.29, 1.82) is 0 Å². The summed E-state index contributed by atoms with van der Waals surface area (Å²) in [6.07, 6.45) is 1.40. The van der Waals surface area contributed by atoms with E-state index >= 15 is 0 Å². The lowest BCUT2D eigenvalue weighted by molar-refractivity contribution is -0.384. The zero-order valence-corrected chi connectivity index (χ0v) is 15.3. The molecule has 2 aromatic rings. The number of anilines is 1. The summed E-state index contributed by atoms with van der Waals surface area (Å²) in [5.41, 5.74) is 0.287. The van der Waals surface area contributed by atoms with Gasteiger partial charge in [-0.05, 0) is 49.6 Å². The van der Waals surface area contributed by atoms with Crippen LogP contribution in [0.2, 0.25) is 0 Å². The van der Waals surface area contributed by atoms with Crippen molar-refractivity contribution in [3.8, 4) is 0 Å². The van der Waals surface area contributed by atoms with E-state index in [9.17, 15) is 24.1 Å². The number of carbonyl (C=O) groups excluding carboxylic acids is 2. The highest BCUT2D eigenvalue weighted by Gasteiger charge is 2.36. The number of nitro benzene ring substituents is 1. The number of hydrogen-bond donors (Lipinski definition) is 0. The topological polar surface area (TPSA) is 89.8 Å². The van der Waals surface area contributed by atoms with Crippen molar-refractivity contribution in [2.24, 2.45) is 5.92 Å². The van der Waals surface area contributed by atoms with Gasteiger partial charge in [-0.15, -0.1) is 0 Å². The van der Waals surface area contributed by atoms with Crippen molar-refractivity contribution >= 4 is 23.3 Å². The number of halogens is 1. The smallest absolute Gasteiger partial charge is 0.338 e. The molecule has 1 aliphatic carbocycles. The molecule has 0 atom stereocenters. The first kappa shape index (κ1) is 19.5. The zero-order chi connectivity index (χ0) is 20.3. The van der Waals surface area contributed by atoms with Gasteiger partial charge in [0.05, 0.1) is 23.6 Å². The zero-order valence-electron chi connectivity index (χ0n) is 15.3. The quantitative estimate of drug-likeness (QED) is 0.410. The summed E-state index contributed by atoms with van der Waals surface area (Å²) in [5.74, 6) is -1.61. The Morgan fingerprint density at radius 3 is 2.61 bits per heavy atom. The second-order valence-electron chi connectivity index (χ2n) is 6.51. The predicted molar refractivity (Wildman–Crippen MR) is 99.4 cm³/mol. The monoisotopic (exact) mass is 386 g/mol. The van der Waals surface area contributed by atoms with E-state index in [0.717, 1.165) is 0 Å². The van der Waals surface area contributed by atoms with Crippen LogP contribution in [0.3, 0.4) is 0 Å². The molecular weight excluding hydrogens is 367 g/mol. The van der Waals surface area contributed by atoms with Crippen LogP contribution in [0.15, 0.2) is 42.5 Å². The highest BCUT2D eigenvalue weighted by molar-refractivity contribution is 6.00. The molecule has 0 aromatic heterocycles. The van der Waals surface area contributed by atoms with E-state index < -0.39 is 16.7 Å². The fourth-order valence-corrected chi connectivity index (χ4v) is 2.89. The first-order valence-corrected chi connectivity index (χ1v) is 8.92. The molecule has 1 amide bonds. The van der Waals surface area contributed by atoms with Crippen molar-refractivity contribution in [3.63, 3.8) is 0 Å². The molecule has 0 spiro atoms. The number of benzene rings is 2. The van der Waals surface area contributed by atoms with Crippen LogP contribution in [-0.4, -0.2) is 23.4 Å². The van der Waals surface area contributed by atoms with Crippen molar-refractivity contribution in [1.82, 2.24) is 0 Å². The molecule has 8 heteroatoms. The Morgan fingerprint density at radius 1 is 1.25 bits per heavy atom. The summed E-state index contributed by atoms with van der Waals surface area (Å²) in [5, 5.41) is 11.5. The fraction of sp³-hybridized carbons (Fsp3) is 0.300. The van der Waals surface area contributed by atoms with Gasteiger partial charge >= 0.3 is 5.97 Å². The Labute approximate surface area is 160 Å². The minimum Gasteiger partial charge on any atom is -0.462 e. The average Bonchev–Trinajstić information content (AvgIpc) is 3.50. The number of carbonyl (C=O) groups is 2. The highest BCUT2D eigenvalue weighted by Crippen LogP contribution is 2.37. The third kappa shape index (κ3) is 4.33. The first-order valence-electron chi connectivity index (χ1n) is 8.92. The van der Waals surface area contributed by atoms with Crippen LogP contribution in [0.4, 0.5) is 15.8 Å². The maximum absolute atomic E-state index is 13.6. The number of esters is 1. The summed E-state index contributed by atoms with van der Waals surface area (Å²) in [6.45, 7) is 1.76. The Morgan fingerprint density at radius 2 is 2.00 bits per heavy atom. The minimum absolute atomic E-state index is 0.00304. The molecule has 0 saturated heterocycles. The Bertz CT molecular complexity index is 927. The van der Waals surface area contributed by atoms with E-state index in [1.165, 1.54) is 41.3 Å². The van der Waals surface area contributed by atoms with Gasteiger partial charge in [0.25, 0.3) is 5.69 Å². The number of rotatable bonds is 7. The molecule has 146 valence electrons. The van der Waals surface area contributed by atoms with Crippen LogP contribution >= 0.6 is 0 Å². The normalized spacial score (nSPS) is 13.1. The molecule has 28 heavy (non-hydrogen) atoms. The van der Waals surface area contributed by atoms with E-state index in [2.05, 4.69) is 0 Å². The second kappa shape index (κ2) is 8.16. The molecule has 3 rings (SSSR count). The van der Waals surface area contributed by atoms with E-state index in [-0.39, 0.29) is 41.9 Å². The van der Waals surface area contributed by atoms with Crippen molar-refractivity contribution < 1.29 is 23.6 Å². The summed E-state index contributed by atoms with van der Waals surface area (Å²) in [7, 11) is 0. The Balaban J connectivity index is 2.06. The summed E-state index contributed by atoms with van der Waals surface area (Å²) >= 11 is 0. The van der Waals surface area contributed by atoms with Crippen LogP contribution in [0.25, 0.3) is 0 Å². The molecule has 0 unspecified atom stereocenters. The largest absolute Gasteiger partial charge is 0.462 e. The average molecular weight is 386 g/mol. The lowest BCUT2D eigenvalue weighted by Gasteiger charge is -2.23. The molecule has 0 radical (unpaired) electrons. The van der Waals surface area contributed by atoms with Gasteiger partial charge in [-0.3, -0.25) is 14.9 Å². The molecule has 2 aromatic carbocycles. The second-order valence-corrected chi connectivity index (χ2v) is 6.51. The van der Waals surface area contributed by atoms with Gasteiger partial charge < -0.3 is 9.64 Å².